The monoisotopic (exact) mass is 248 g/mol. The van der Waals surface area contributed by atoms with Crippen molar-refractivity contribution in [1.29, 1.82) is 0 Å². The van der Waals surface area contributed by atoms with Crippen molar-refractivity contribution in [2.45, 2.75) is 6.92 Å². The van der Waals surface area contributed by atoms with Crippen LogP contribution in [0.25, 0.3) is 0 Å². The molecule has 1 aromatic rings. The van der Waals surface area contributed by atoms with Crippen LogP contribution < -0.4 is 5.73 Å². The summed E-state index contributed by atoms with van der Waals surface area (Å²) in [5.41, 5.74) is 5.29. The molecule has 0 aromatic carbocycles. The maximum absolute atomic E-state index is 11.0. The Balaban J connectivity index is 3.31. The molecule has 2 N–H and O–H groups in total. The zero-order valence-electron chi connectivity index (χ0n) is 6.13. The summed E-state index contributed by atoms with van der Waals surface area (Å²) in [4.78, 5) is 21.9. The smallest absolute Gasteiger partial charge is 0.261 e. The minimum absolute atomic E-state index is 0.203. The van der Waals surface area contributed by atoms with Crippen molar-refractivity contribution in [3.05, 3.63) is 15.0 Å². The molecule has 0 unspecified atom stereocenters. The van der Waals surface area contributed by atoms with Gasteiger partial charge in [0.25, 0.3) is 5.91 Å². The van der Waals surface area contributed by atoms with E-state index in [1.165, 1.54) is 6.92 Å². The molecule has 1 rings (SSSR count). The third kappa shape index (κ3) is 1.54. The van der Waals surface area contributed by atoms with Crippen molar-refractivity contribution in [1.82, 2.24) is 4.37 Å². The molecule has 4 nitrogen and oxygen atoms in total. The highest BCUT2D eigenvalue weighted by Gasteiger charge is 2.19. The van der Waals surface area contributed by atoms with E-state index in [1.807, 2.05) is 0 Å². The van der Waals surface area contributed by atoms with Gasteiger partial charge in [-0.05, 0) is 34.4 Å². The average Bonchev–Trinajstić information content (AvgIpc) is 2.30. The fourth-order valence-corrected chi connectivity index (χ4v) is 2.25. The number of ketones is 1. The summed E-state index contributed by atoms with van der Waals surface area (Å²) in [7, 11) is 0. The molecule has 0 fully saturated rings. The summed E-state index contributed by atoms with van der Waals surface area (Å²) in [6.07, 6.45) is 0. The topological polar surface area (TPSA) is 73.1 Å². The Morgan fingerprint density at radius 2 is 2.17 bits per heavy atom. The highest BCUT2D eigenvalue weighted by Crippen LogP contribution is 2.23. The molecule has 1 amide bonds. The number of carbonyl (C=O) groups excluding carboxylic acids is 2. The average molecular weight is 249 g/mol. The first kappa shape index (κ1) is 9.34. The molecule has 6 heteroatoms. The summed E-state index contributed by atoms with van der Waals surface area (Å²) in [5, 5.41) is 0. The van der Waals surface area contributed by atoms with E-state index in [4.69, 9.17) is 5.73 Å². The van der Waals surface area contributed by atoms with Crippen LogP contribution >= 0.6 is 27.5 Å². The number of aromatic nitrogens is 1. The van der Waals surface area contributed by atoms with Gasteiger partial charge in [-0.1, -0.05) is 0 Å². The molecule has 64 valence electrons. The number of rotatable bonds is 2. The van der Waals surface area contributed by atoms with Crippen LogP contribution in [0.4, 0.5) is 0 Å². The van der Waals surface area contributed by atoms with E-state index < -0.39 is 5.91 Å². The number of Topliss-reactive ketones (excluding diaryl/α,β-unsaturated/α-hetero) is 1. The minimum Gasteiger partial charge on any atom is -0.365 e. The lowest BCUT2D eigenvalue weighted by molar-refractivity contribution is 0.0976. The maximum Gasteiger partial charge on any atom is 0.261 e. The van der Waals surface area contributed by atoms with Crippen molar-refractivity contribution in [2.75, 3.05) is 0 Å². The Bertz CT molecular complexity index is 347. The van der Waals surface area contributed by atoms with Crippen molar-refractivity contribution in [2.24, 2.45) is 5.73 Å². The van der Waals surface area contributed by atoms with Crippen LogP contribution in [-0.4, -0.2) is 16.1 Å². The van der Waals surface area contributed by atoms with Crippen LogP contribution in [0, 0.1) is 0 Å². The summed E-state index contributed by atoms with van der Waals surface area (Å²) in [6, 6.07) is 0. The molecule has 1 heterocycles. The Hall–Kier alpha value is -0.750. The standard InChI is InChI=1S/C6H5BrN2O2S/c1-2(10)3-4(6(8)11)12-9-5(3)7/h1H3,(H2,8,11). The Kier molecular flexibility index (Phi) is 2.58. The second kappa shape index (κ2) is 3.32. The van der Waals surface area contributed by atoms with Gasteiger partial charge in [-0.3, -0.25) is 9.59 Å². The number of primary amides is 1. The third-order valence-corrected chi connectivity index (χ3v) is 2.90. The largest absolute Gasteiger partial charge is 0.365 e. The molecule has 12 heavy (non-hydrogen) atoms. The molecule has 0 saturated heterocycles. The van der Waals surface area contributed by atoms with Crippen LogP contribution in [0.2, 0.25) is 0 Å². The first-order valence-corrected chi connectivity index (χ1v) is 4.56. The molecule has 0 radical (unpaired) electrons. The van der Waals surface area contributed by atoms with Crippen molar-refractivity contribution in [3.8, 4) is 0 Å². The number of hydrogen-bond donors (Lipinski definition) is 1. The summed E-state index contributed by atoms with van der Waals surface area (Å²) in [6.45, 7) is 1.36. The van der Waals surface area contributed by atoms with E-state index in [9.17, 15) is 9.59 Å². The molecule has 0 spiro atoms. The minimum atomic E-state index is -0.622. The second-order valence-electron chi connectivity index (χ2n) is 2.10. The van der Waals surface area contributed by atoms with Crippen LogP contribution in [0.5, 0.6) is 0 Å². The SMILES string of the molecule is CC(=O)c1c(Br)nsc1C(N)=O. The highest BCUT2D eigenvalue weighted by molar-refractivity contribution is 9.10. The number of nitrogens with zero attached hydrogens (tertiary/aromatic N) is 1. The maximum atomic E-state index is 11.0. The van der Waals surface area contributed by atoms with E-state index in [2.05, 4.69) is 20.3 Å². The lowest BCUT2D eigenvalue weighted by Gasteiger charge is -1.92. The van der Waals surface area contributed by atoms with Gasteiger partial charge in [0.15, 0.2) is 5.78 Å². The van der Waals surface area contributed by atoms with Crippen LogP contribution in [-0.2, 0) is 0 Å². The number of nitrogens with two attached hydrogens (primary N) is 1. The summed E-state index contributed by atoms with van der Waals surface area (Å²) < 4.78 is 4.18. The lowest BCUT2D eigenvalue weighted by Crippen LogP contribution is -2.12. The first-order valence-electron chi connectivity index (χ1n) is 3.00. The quantitative estimate of drug-likeness (QED) is 0.800. The zero-order valence-corrected chi connectivity index (χ0v) is 8.53. The predicted octanol–water partition coefficient (Wildman–Crippen LogP) is 1.21. The van der Waals surface area contributed by atoms with E-state index in [-0.39, 0.29) is 16.2 Å². The molecule has 0 atom stereocenters. The summed E-state index contributed by atoms with van der Waals surface area (Å²) >= 11 is 3.98. The normalized spacial score (nSPS) is 9.83. The molecule has 0 aliphatic carbocycles. The molecule has 1 aromatic heterocycles. The molecule has 0 aliphatic heterocycles. The Labute approximate surface area is 81.1 Å². The number of hydrogen-bond acceptors (Lipinski definition) is 4. The second-order valence-corrected chi connectivity index (χ2v) is 3.62. The van der Waals surface area contributed by atoms with Crippen molar-refractivity contribution < 1.29 is 9.59 Å². The van der Waals surface area contributed by atoms with Gasteiger partial charge in [-0.25, -0.2) is 0 Å². The van der Waals surface area contributed by atoms with E-state index in [0.29, 0.717) is 4.60 Å². The molecular weight excluding hydrogens is 244 g/mol. The van der Waals surface area contributed by atoms with Crippen molar-refractivity contribution in [3.63, 3.8) is 0 Å². The zero-order chi connectivity index (χ0) is 9.30. The fourth-order valence-electron chi connectivity index (χ4n) is 0.744. The van der Waals surface area contributed by atoms with Crippen LogP contribution in [0.15, 0.2) is 4.60 Å². The molecule has 0 aliphatic rings. The molecular formula is C6H5BrN2O2S. The lowest BCUT2D eigenvalue weighted by atomic mass is 10.2. The number of halogens is 1. The van der Waals surface area contributed by atoms with E-state index in [0.717, 1.165) is 11.5 Å². The van der Waals surface area contributed by atoms with Crippen LogP contribution in [0.1, 0.15) is 27.0 Å². The van der Waals surface area contributed by atoms with Gasteiger partial charge in [0, 0.05) is 0 Å². The van der Waals surface area contributed by atoms with Crippen molar-refractivity contribution >= 4 is 39.2 Å². The van der Waals surface area contributed by atoms with Gasteiger partial charge in [-0.2, -0.15) is 4.37 Å². The van der Waals surface area contributed by atoms with Gasteiger partial charge >= 0.3 is 0 Å². The van der Waals surface area contributed by atoms with Gasteiger partial charge in [0.1, 0.15) is 9.48 Å². The van der Waals surface area contributed by atoms with Gasteiger partial charge < -0.3 is 5.73 Å². The number of amides is 1. The predicted molar refractivity (Wildman–Crippen MR) is 48.3 cm³/mol. The van der Waals surface area contributed by atoms with E-state index >= 15 is 0 Å². The third-order valence-electron chi connectivity index (χ3n) is 1.23. The first-order chi connectivity index (χ1) is 5.54. The van der Waals surface area contributed by atoms with Crippen LogP contribution in [0.3, 0.4) is 0 Å². The summed E-state index contributed by atoms with van der Waals surface area (Å²) in [5.74, 6) is -0.840. The van der Waals surface area contributed by atoms with Gasteiger partial charge in [0.2, 0.25) is 0 Å². The Morgan fingerprint density at radius 3 is 2.50 bits per heavy atom. The van der Waals surface area contributed by atoms with Gasteiger partial charge in [-0.15, -0.1) is 0 Å². The highest BCUT2D eigenvalue weighted by atomic mass is 79.9. The fraction of sp³-hybridized carbons (Fsp3) is 0.167. The molecule has 0 bridgehead atoms. The van der Waals surface area contributed by atoms with Gasteiger partial charge in [0.05, 0.1) is 5.56 Å². The van der Waals surface area contributed by atoms with E-state index in [1.54, 1.807) is 0 Å². The Morgan fingerprint density at radius 1 is 1.58 bits per heavy atom. The number of carbonyl (C=O) groups is 2. The molecule has 0 saturated carbocycles.